The molecule has 1 rings (SSSR count). The van der Waals surface area contributed by atoms with Gasteiger partial charge >= 0.3 is 0 Å². The van der Waals surface area contributed by atoms with E-state index in [1.807, 2.05) is 6.92 Å². The number of ether oxygens (including phenoxy) is 1. The molecule has 1 aliphatic heterocycles. The van der Waals surface area contributed by atoms with E-state index in [2.05, 4.69) is 19.9 Å². The van der Waals surface area contributed by atoms with Gasteiger partial charge in [-0.25, -0.2) is 0 Å². The van der Waals surface area contributed by atoms with Crippen molar-refractivity contribution in [2.24, 2.45) is 0 Å². The van der Waals surface area contributed by atoms with Crippen LogP contribution in [0, 0.1) is 0 Å². The number of hydrogen-bond acceptors (Lipinski definition) is 1. The molecule has 0 unspecified atom stereocenters. The molecule has 0 aromatic heterocycles. The summed E-state index contributed by atoms with van der Waals surface area (Å²) in [6.07, 6.45) is 2.17. The van der Waals surface area contributed by atoms with Crippen LogP contribution < -0.4 is 0 Å². The molecule has 0 saturated carbocycles. The third kappa shape index (κ3) is 1.35. The second-order valence-electron chi connectivity index (χ2n) is 2.52. The molecular weight excluding hydrogens is 112 g/mol. The van der Waals surface area contributed by atoms with E-state index in [0.29, 0.717) is 0 Å². The normalized spacial score (nSPS) is 19.2. The molecule has 0 atom stereocenters. The first-order valence-electron chi connectivity index (χ1n) is 3.17. The summed E-state index contributed by atoms with van der Waals surface area (Å²) in [5.74, 6) is 1.06. The van der Waals surface area contributed by atoms with E-state index in [4.69, 9.17) is 4.74 Å². The standard InChI is InChI=1S/C8H12O/c1-6-4-7(2)8(3)9-5-6/h4H,5H2,1-3H3. The van der Waals surface area contributed by atoms with Gasteiger partial charge in [0.1, 0.15) is 6.61 Å². The average Bonchev–Trinajstić information content (AvgIpc) is 1.80. The summed E-state index contributed by atoms with van der Waals surface area (Å²) in [4.78, 5) is 0. The molecule has 0 amide bonds. The molecule has 0 aliphatic carbocycles. The maximum atomic E-state index is 5.31. The molecule has 0 radical (unpaired) electrons. The van der Waals surface area contributed by atoms with Crippen molar-refractivity contribution in [2.45, 2.75) is 20.8 Å². The molecule has 50 valence electrons. The molecular formula is C8H12O. The molecule has 0 bridgehead atoms. The highest BCUT2D eigenvalue weighted by atomic mass is 16.5. The Hall–Kier alpha value is -0.720. The molecule has 0 aromatic carbocycles. The van der Waals surface area contributed by atoms with Crippen molar-refractivity contribution in [3.63, 3.8) is 0 Å². The average molecular weight is 124 g/mol. The van der Waals surface area contributed by atoms with Crippen LogP contribution in [0.5, 0.6) is 0 Å². The second kappa shape index (κ2) is 2.26. The van der Waals surface area contributed by atoms with Crippen molar-refractivity contribution in [3.05, 3.63) is 23.0 Å². The molecule has 1 heterocycles. The summed E-state index contributed by atoms with van der Waals surface area (Å²) < 4.78 is 5.31. The van der Waals surface area contributed by atoms with Crippen molar-refractivity contribution in [2.75, 3.05) is 6.61 Å². The van der Waals surface area contributed by atoms with Gasteiger partial charge in [0, 0.05) is 0 Å². The summed E-state index contributed by atoms with van der Waals surface area (Å²) in [7, 11) is 0. The largest absolute Gasteiger partial charge is 0.494 e. The number of allylic oxidation sites excluding steroid dienone is 3. The smallest absolute Gasteiger partial charge is 0.109 e. The zero-order valence-corrected chi connectivity index (χ0v) is 6.19. The fourth-order valence-corrected chi connectivity index (χ4v) is 0.849. The predicted molar refractivity (Wildman–Crippen MR) is 38.1 cm³/mol. The summed E-state index contributed by atoms with van der Waals surface area (Å²) in [6.45, 7) is 6.91. The molecule has 0 fully saturated rings. The Kier molecular flexibility index (Phi) is 1.60. The summed E-state index contributed by atoms with van der Waals surface area (Å²) in [5.41, 5.74) is 2.55. The van der Waals surface area contributed by atoms with Gasteiger partial charge in [0.2, 0.25) is 0 Å². The van der Waals surface area contributed by atoms with Crippen LogP contribution in [0.2, 0.25) is 0 Å². The quantitative estimate of drug-likeness (QED) is 0.481. The first-order valence-corrected chi connectivity index (χ1v) is 3.17. The van der Waals surface area contributed by atoms with Crippen LogP contribution in [-0.4, -0.2) is 6.61 Å². The maximum absolute atomic E-state index is 5.31. The van der Waals surface area contributed by atoms with E-state index in [1.54, 1.807) is 0 Å². The first-order chi connectivity index (χ1) is 4.20. The second-order valence-corrected chi connectivity index (χ2v) is 2.52. The molecule has 0 N–H and O–H groups in total. The monoisotopic (exact) mass is 124 g/mol. The Labute approximate surface area is 56.0 Å². The third-order valence-electron chi connectivity index (χ3n) is 1.53. The Morgan fingerprint density at radius 1 is 1.33 bits per heavy atom. The predicted octanol–water partition coefficient (Wildman–Crippen LogP) is 2.26. The zero-order chi connectivity index (χ0) is 6.85. The highest BCUT2D eigenvalue weighted by Crippen LogP contribution is 2.15. The van der Waals surface area contributed by atoms with Gasteiger partial charge < -0.3 is 4.74 Å². The van der Waals surface area contributed by atoms with Gasteiger partial charge in [-0.05, 0) is 31.9 Å². The molecule has 0 saturated heterocycles. The minimum Gasteiger partial charge on any atom is -0.494 e. The third-order valence-corrected chi connectivity index (χ3v) is 1.53. The van der Waals surface area contributed by atoms with Crippen LogP contribution in [0.3, 0.4) is 0 Å². The topological polar surface area (TPSA) is 9.23 Å². The van der Waals surface area contributed by atoms with Crippen LogP contribution in [-0.2, 0) is 4.74 Å². The van der Waals surface area contributed by atoms with Crippen LogP contribution >= 0.6 is 0 Å². The van der Waals surface area contributed by atoms with Crippen molar-refractivity contribution in [3.8, 4) is 0 Å². The molecule has 9 heavy (non-hydrogen) atoms. The Morgan fingerprint density at radius 3 is 2.44 bits per heavy atom. The van der Waals surface area contributed by atoms with E-state index >= 15 is 0 Å². The van der Waals surface area contributed by atoms with Crippen molar-refractivity contribution < 1.29 is 4.74 Å². The zero-order valence-electron chi connectivity index (χ0n) is 6.19. The van der Waals surface area contributed by atoms with Crippen LogP contribution in [0.25, 0.3) is 0 Å². The summed E-state index contributed by atoms with van der Waals surface area (Å²) in [6, 6.07) is 0. The van der Waals surface area contributed by atoms with E-state index in [9.17, 15) is 0 Å². The number of rotatable bonds is 0. The van der Waals surface area contributed by atoms with Crippen LogP contribution in [0.1, 0.15) is 20.8 Å². The molecule has 0 aromatic rings. The van der Waals surface area contributed by atoms with Crippen LogP contribution in [0.4, 0.5) is 0 Å². The molecule has 0 spiro atoms. The van der Waals surface area contributed by atoms with Gasteiger partial charge in [-0.15, -0.1) is 0 Å². The van der Waals surface area contributed by atoms with Crippen molar-refractivity contribution >= 4 is 0 Å². The summed E-state index contributed by atoms with van der Waals surface area (Å²) in [5, 5.41) is 0. The lowest BCUT2D eigenvalue weighted by molar-refractivity contribution is 0.233. The van der Waals surface area contributed by atoms with E-state index in [0.717, 1.165) is 12.4 Å². The molecule has 1 nitrogen and oxygen atoms in total. The highest BCUT2D eigenvalue weighted by Gasteiger charge is 2.02. The Balaban J connectivity index is 2.83. The lowest BCUT2D eigenvalue weighted by Gasteiger charge is -2.13. The maximum Gasteiger partial charge on any atom is 0.109 e. The summed E-state index contributed by atoms with van der Waals surface area (Å²) >= 11 is 0. The highest BCUT2D eigenvalue weighted by molar-refractivity contribution is 5.26. The van der Waals surface area contributed by atoms with Gasteiger partial charge in [0.05, 0.1) is 5.76 Å². The van der Waals surface area contributed by atoms with Gasteiger partial charge in [-0.2, -0.15) is 0 Å². The minimum atomic E-state index is 0.767. The van der Waals surface area contributed by atoms with Crippen molar-refractivity contribution in [1.29, 1.82) is 0 Å². The van der Waals surface area contributed by atoms with Gasteiger partial charge in [-0.1, -0.05) is 6.08 Å². The van der Waals surface area contributed by atoms with Gasteiger partial charge in [0.15, 0.2) is 0 Å². The van der Waals surface area contributed by atoms with E-state index < -0.39 is 0 Å². The first kappa shape index (κ1) is 6.40. The lowest BCUT2D eigenvalue weighted by Crippen LogP contribution is -2.01. The van der Waals surface area contributed by atoms with Gasteiger partial charge in [0.25, 0.3) is 0 Å². The minimum absolute atomic E-state index is 0.767. The number of hydrogen-bond donors (Lipinski definition) is 0. The Bertz CT molecular complexity index is 175. The lowest BCUT2D eigenvalue weighted by atomic mass is 10.1. The van der Waals surface area contributed by atoms with E-state index in [1.165, 1.54) is 11.1 Å². The fourth-order valence-electron chi connectivity index (χ4n) is 0.849. The van der Waals surface area contributed by atoms with Crippen molar-refractivity contribution in [1.82, 2.24) is 0 Å². The molecule has 1 aliphatic rings. The van der Waals surface area contributed by atoms with E-state index in [-0.39, 0.29) is 0 Å². The van der Waals surface area contributed by atoms with Crippen LogP contribution in [0.15, 0.2) is 23.0 Å². The fraction of sp³-hybridized carbons (Fsp3) is 0.500. The molecule has 1 heteroatoms. The Morgan fingerprint density at radius 2 is 2.00 bits per heavy atom. The SMILES string of the molecule is CC1=CC(C)=C(C)OC1. The van der Waals surface area contributed by atoms with Gasteiger partial charge in [-0.3, -0.25) is 0 Å².